The van der Waals surface area contributed by atoms with Gasteiger partial charge in [0.25, 0.3) is 5.91 Å². The summed E-state index contributed by atoms with van der Waals surface area (Å²) in [7, 11) is 0. The number of carbonyl (C=O) groups is 2. The van der Waals surface area contributed by atoms with Crippen LogP contribution in [0.5, 0.6) is 0 Å². The summed E-state index contributed by atoms with van der Waals surface area (Å²) in [5, 5.41) is 8.66. The van der Waals surface area contributed by atoms with Crippen molar-refractivity contribution < 1.29 is 9.59 Å². The third-order valence-electron chi connectivity index (χ3n) is 5.14. The highest BCUT2D eigenvalue weighted by Gasteiger charge is 2.21. The van der Waals surface area contributed by atoms with Crippen molar-refractivity contribution in [1.29, 1.82) is 0 Å². The summed E-state index contributed by atoms with van der Waals surface area (Å²) in [6.07, 6.45) is 1.54. The lowest BCUT2D eigenvalue weighted by atomic mass is 10.2. The van der Waals surface area contributed by atoms with Crippen molar-refractivity contribution in [2.45, 2.75) is 46.7 Å². The maximum atomic E-state index is 12.7. The average Bonchev–Trinajstić information content (AvgIpc) is 3.38. The Morgan fingerprint density at radius 3 is 2.69 bits per heavy atom. The maximum Gasteiger partial charge on any atom is 0.261 e. The van der Waals surface area contributed by atoms with E-state index in [1.165, 1.54) is 11.3 Å². The molecule has 1 aromatic carbocycles. The molecule has 6 nitrogen and oxygen atoms in total. The molecular weight excluding hydrogens is 384 g/mol. The number of hydrogen-bond donors (Lipinski definition) is 1. The SMILES string of the molecule is Cc1nn(CC(C)C)c2sc(C(=O)NCc3ccc(N4CCCC4=O)cc3)cc12. The highest BCUT2D eigenvalue weighted by Crippen LogP contribution is 2.29. The Labute approximate surface area is 174 Å². The Bertz CT molecular complexity index is 1050. The van der Waals surface area contributed by atoms with Gasteiger partial charge >= 0.3 is 0 Å². The number of benzene rings is 1. The minimum absolute atomic E-state index is 0.0690. The Balaban J connectivity index is 1.42. The molecule has 29 heavy (non-hydrogen) atoms. The van der Waals surface area contributed by atoms with Gasteiger partial charge in [0.1, 0.15) is 4.83 Å². The molecule has 152 valence electrons. The molecule has 0 atom stereocenters. The van der Waals surface area contributed by atoms with E-state index in [1.807, 2.05) is 46.8 Å². The zero-order valence-electron chi connectivity index (χ0n) is 17.1. The molecule has 7 heteroatoms. The summed E-state index contributed by atoms with van der Waals surface area (Å²) in [5.74, 6) is 0.610. The number of amides is 2. The van der Waals surface area contributed by atoms with Gasteiger partial charge in [-0.3, -0.25) is 14.3 Å². The summed E-state index contributed by atoms with van der Waals surface area (Å²) >= 11 is 1.49. The number of fused-ring (bicyclic) bond motifs is 1. The largest absolute Gasteiger partial charge is 0.347 e. The minimum atomic E-state index is -0.0690. The van der Waals surface area contributed by atoms with Gasteiger partial charge in [-0.25, -0.2) is 0 Å². The third-order valence-corrected chi connectivity index (χ3v) is 6.29. The second-order valence-corrected chi connectivity index (χ2v) is 9.02. The zero-order valence-corrected chi connectivity index (χ0v) is 17.9. The third kappa shape index (κ3) is 4.05. The normalized spacial score (nSPS) is 14.3. The van der Waals surface area contributed by atoms with Gasteiger partial charge in [0.15, 0.2) is 0 Å². The van der Waals surface area contributed by atoms with Crippen LogP contribution in [0.2, 0.25) is 0 Å². The average molecular weight is 411 g/mol. The van der Waals surface area contributed by atoms with Crippen molar-refractivity contribution in [1.82, 2.24) is 15.1 Å². The van der Waals surface area contributed by atoms with Crippen LogP contribution in [-0.4, -0.2) is 28.1 Å². The molecule has 0 bridgehead atoms. The number of thiophene rings is 1. The number of carbonyl (C=O) groups excluding carboxylic acids is 2. The van der Waals surface area contributed by atoms with E-state index in [2.05, 4.69) is 24.3 Å². The van der Waals surface area contributed by atoms with Crippen molar-refractivity contribution >= 4 is 39.1 Å². The molecule has 2 aromatic heterocycles. The number of hydrogen-bond acceptors (Lipinski definition) is 4. The van der Waals surface area contributed by atoms with Crippen LogP contribution in [0.1, 0.15) is 47.6 Å². The summed E-state index contributed by atoms with van der Waals surface area (Å²) in [6.45, 7) is 8.40. The van der Waals surface area contributed by atoms with E-state index < -0.39 is 0 Å². The van der Waals surface area contributed by atoms with E-state index in [-0.39, 0.29) is 11.8 Å². The summed E-state index contributed by atoms with van der Waals surface area (Å²) in [6, 6.07) is 9.78. The molecule has 2 amide bonds. The molecule has 1 saturated heterocycles. The molecule has 1 fully saturated rings. The van der Waals surface area contributed by atoms with Gasteiger partial charge in [0.05, 0.1) is 10.6 Å². The maximum absolute atomic E-state index is 12.7. The molecule has 3 heterocycles. The number of nitrogens with one attached hydrogen (secondary N) is 1. The monoisotopic (exact) mass is 410 g/mol. The molecule has 0 radical (unpaired) electrons. The van der Waals surface area contributed by atoms with Crippen LogP contribution in [0, 0.1) is 12.8 Å². The lowest BCUT2D eigenvalue weighted by Crippen LogP contribution is -2.24. The first-order valence-electron chi connectivity index (χ1n) is 10.1. The van der Waals surface area contributed by atoms with Gasteiger partial charge in [0.2, 0.25) is 5.91 Å². The molecular formula is C22H26N4O2S. The summed E-state index contributed by atoms with van der Waals surface area (Å²) in [5.41, 5.74) is 2.90. The molecule has 3 aromatic rings. The summed E-state index contributed by atoms with van der Waals surface area (Å²) in [4.78, 5) is 28.1. The molecule has 0 spiro atoms. The van der Waals surface area contributed by atoms with Gasteiger partial charge < -0.3 is 10.2 Å². The molecule has 0 saturated carbocycles. The van der Waals surface area contributed by atoms with Crippen molar-refractivity contribution in [2.75, 3.05) is 11.4 Å². The van der Waals surface area contributed by atoms with Gasteiger partial charge in [-0.2, -0.15) is 5.10 Å². The standard InChI is InChI=1S/C22H26N4O2S/c1-14(2)13-26-22-18(15(3)24-26)11-19(29-22)21(28)23-12-16-6-8-17(9-7-16)25-10-4-5-20(25)27/h6-9,11,14H,4-5,10,12-13H2,1-3H3,(H,23,28). The number of rotatable bonds is 6. The molecule has 0 aliphatic carbocycles. The fourth-order valence-electron chi connectivity index (χ4n) is 3.68. The molecule has 4 rings (SSSR count). The lowest BCUT2D eigenvalue weighted by molar-refractivity contribution is -0.117. The van der Waals surface area contributed by atoms with E-state index in [9.17, 15) is 9.59 Å². The van der Waals surface area contributed by atoms with Gasteiger partial charge in [-0.15, -0.1) is 11.3 Å². The van der Waals surface area contributed by atoms with Crippen LogP contribution >= 0.6 is 11.3 Å². The Morgan fingerprint density at radius 1 is 1.28 bits per heavy atom. The fraction of sp³-hybridized carbons (Fsp3) is 0.409. The highest BCUT2D eigenvalue weighted by atomic mass is 32.1. The molecule has 0 unspecified atom stereocenters. The van der Waals surface area contributed by atoms with Gasteiger partial charge in [-0.1, -0.05) is 26.0 Å². The van der Waals surface area contributed by atoms with Crippen LogP contribution in [0.3, 0.4) is 0 Å². The van der Waals surface area contributed by atoms with Crippen LogP contribution in [0.25, 0.3) is 10.2 Å². The molecule has 1 aliphatic heterocycles. The quantitative estimate of drug-likeness (QED) is 0.665. The van der Waals surface area contributed by atoms with E-state index in [1.54, 1.807) is 0 Å². The second kappa shape index (κ2) is 7.99. The number of aromatic nitrogens is 2. The molecule has 1 N–H and O–H groups in total. The lowest BCUT2D eigenvalue weighted by Gasteiger charge is -2.16. The number of anilines is 1. The number of aryl methyl sites for hydroxylation is 1. The number of nitrogens with zero attached hydrogens (tertiary/aromatic N) is 3. The Hall–Kier alpha value is -2.67. The summed E-state index contributed by atoms with van der Waals surface area (Å²) < 4.78 is 2.01. The van der Waals surface area contributed by atoms with E-state index in [0.29, 0.717) is 23.8 Å². The van der Waals surface area contributed by atoms with Crippen LogP contribution in [-0.2, 0) is 17.9 Å². The molecule has 1 aliphatic rings. The fourth-order valence-corrected chi connectivity index (χ4v) is 4.77. The van der Waals surface area contributed by atoms with Crippen LogP contribution < -0.4 is 10.2 Å². The van der Waals surface area contributed by atoms with E-state index in [4.69, 9.17) is 0 Å². The second-order valence-electron chi connectivity index (χ2n) is 7.99. The minimum Gasteiger partial charge on any atom is -0.347 e. The zero-order chi connectivity index (χ0) is 20.5. The van der Waals surface area contributed by atoms with Gasteiger partial charge in [0, 0.05) is 37.1 Å². The Kier molecular flexibility index (Phi) is 5.41. The highest BCUT2D eigenvalue weighted by molar-refractivity contribution is 7.20. The van der Waals surface area contributed by atoms with Crippen LogP contribution in [0.15, 0.2) is 30.3 Å². The first-order chi connectivity index (χ1) is 13.9. The topological polar surface area (TPSA) is 67.2 Å². The van der Waals surface area contributed by atoms with E-state index >= 15 is 0 Å². The van der Waals surface area contributed by atoms with E-state index in [0.717, 1.165) is 46.7 Å². The first-order valence-corrected chi connectivity index (χ1v) is 10.9. The Morgan fingerprint density at radius 2 is 2.03 bits per heavy atom. The van der Waals surface area contributed by atoms with Crippen molar-refractivity contribution in [3.05, 3.63) is 46.5 Å². The van der Waals surface area contributed by atoms with Crippen molar-refractivity contribution in [3.8, 4) is 0 Å². The van der Waals surface area contributed by atoms with Crippen LogP contribution in [0.4, 0.5) is 5.69 Å². The first kappa shape index (κ1) is 19.6. The predicted molar refractivity (Wildman–Crippen MR) is 116 cm³/mol. The smallest absolute Gasteiger partial charge is 0.261 e. The van der Waals surface area contributed by atoms with Gasteiger partial charge in [-0.05, 0) is 43.0 Å². The van der Waals surface area contributed by atoms with Crippen molar-refractivity contribution in [3.63, 3.8) is 0 Å². The van der Waals surface area contributed by atoms with Crippen molar-refractivity contribution in [2.24, 2.45) is 5.92 Å². The predicted octanol–water partition coefficient (Wildman–Crippen LogP) is 4.12.